The third kappa shape index (κ3) is 4.87. The Kier molecular flexibility index (Phi) is 6.32. The van der Waals surface area contributed by atoms with Crippen LogP contribution in [0.4, 0.5) is 0 Å². The molecule has 4 aliphatic rings. The lowest BCUT2D eigenvalue weighted by Crippen LogP contribution is -2.39. The lowest BCUT2D eigenvalue weighted by atomic mass is 9.87. The lowest BCUT2D eigenvalue weighted by Gasteiger charge is -2.29. The molecule has 0 aromatic heterocycles. The summed E-state index contributed by atoms with van der Waals surface area (Å²) < 4.78 is 11.4. The quantitative estimate of drug-likeness (QED) is 0.660. The molecule has 2 bridgehead atoms. The molecule has 180 valence electrons. The van der Waals surface area contributed by atoms with Gasteiger partial charge in [-0.15, -0.1) is 0 Å². The largest absolute Gasteiger partial charge is 0.491 e. The summed E-state index contributed by atoms with van der Waals surface area (Å²) in [6, 6.07) is 15.5. The molecule has 2 heterocycles. The van der Waals surface area contributed by atoms with Crippen LogP contribution in [0.5, 0.6) is 5.75 Å². The van der Waals surface area contributed by atoms with Gasteiger partial charge in [0.1, 0.15) is 12.4 Å². The van der Waals surface area contributed by atoms with Gasteiger partial charge in [-0.3, -0.25) is 9.69 Å². The number of nitrogens with zero attached hydrogens (tertiary/aromatic N) is 1. The van der Waals surface area contributed by atoms with Crippen molar-refractivity contribution in [3.8, 4) is 5.75 Å². The van der Waals surface area contributed by atoms with E-state index in [1.807, 2.05) is 24.3 Å². The molecule has 3 fully saturated rings. The molecule has 2 saturated heterocycles. The minimum atomic E-state index is -0.000155. The van der Waals surface area contributed by atoms with Crippen LogP contribution in [-0.2, 0) is 24.1 Å². The van der Waals surface area contributed by atoms with Crippen molar-refractivity contribution in [3.05, 3.63) is 64.7 Å². The highest BCUT2D eigenvalue weighted by molar-refractivity contribution is 5.94. The molecule has 5 heteroatoms. The van der Waals surface area contributed by atoms with Crippen molar-refractivity contribution in [1.29, 1.82) is 0 Å². The highest BCUT2D eigenvalue weighted by atomic mass is 16.5. The third-order valence-corrected chi connectivity index (χ3v) is 8.32. The zero-order valence-electron chi connectivity index (χ0n) is 20.0. The Bertz CT molecular complexity index is 1010. The molecule has 0 unspecified atom stereocenters. The SMILES string of the molecule is O=C(N[C@H]1CCc2cc(CN3C[C@@H]4CC[C@H]3C4)ccc2C1)c1ccc(OC[C@@H]2CCCO2)cc1. The molecular formula is C29H36N2O3. The first-order valence-corrected chi connectivity index (χ1v) is 13.2. The first-order valence-electron chi connectivity index (χ1n) is 13.2. The number of hydrogen-bond donors (Lipinski definition) is 1. The van der Waals surface area contributed by atoms with Crippen molar-refractivity contribution in [2.75, 3.05) is 19.8 Å². The molecule has 2 aliphatic carbocycles. The van der Waals surface area contributed by atoms with Crippen molar-refractivity contribution in [3.63, 3.8) is 0 Å². The van der Waals surface area contributed by atoms with Gasteiger partial charge in [0.15, 0.2) is 0 Å². The minimum Gasteiger partial charge on any atom is -0.491 e. The number of ether oxygens (including phenoxy) is 2. The van der Waals surface area contributed by atoms with Crippen LogP contribution in [0.25, 0.3) is 0 Å². The van der Waals surface area contributed by atoms with E-state index < -0.39 is 0 Å². The predicted molar refractivity (Wildman–Crippen MR) is 132 cm³/mol. The maximum absolute atomic E-state index is 12.8. The fraction of sp³-hybridized carbons (Fsp3) is 0.552. The van der Waals surface area contributed by atoms with E-state index in [0.29, 0.717) is 12.2 Å². The molecule has 4 atom stereocenters. The first kappa shape index (κ1) is 22.1. The summed E-state index contributed by atoms with van der Waals surface area (Å²) in [5.41, 5.74) is 5.00. The van der Waals surface area contributed by atoms with Crippen molar-refractivity contribution in [2.45, 2.75) is 76.1 Å². The number of benzene rings is 2. The molecule has 2 aromatic rings. The van der Waals surface area contributed by atoms with E-state index in [9.17, 15) is 4.79 Å². The zero-order chi connectivity index (χ0) is 22.9. The molecule has 0 spiro atoms. The van der Waals surface area contributed by atoms with Crippen LogP contribution >= 0.6 is 0 Å². The van der Waals surface area contributed by atoms with Crippen molar-refractivity contribution in [1.82, 2.24) is 10.2 Å². The van der Waals surface area contributed by atoms with Crippen LogP contribution in [0, 0.1) is 5.92 Å². The highest BCUT2D eigenvalue weighted by Gasteiger charge is 2.37. The Morgan fingerprint density at radius 3 is 2.74 bits per heavy atom. The second kappa shape index (κ2) is 9.71. The van der Waals surface area contributed by atoms with Gasteiger partial charge in [-0.1, -0.05) is 18.2 Å². The number of piperidine rings is 1. The number of fused-ring (bicyclic) bond motifs is 3. The van der Waals surface area contributed by atoms with Crippen molar-refractivity contribution >= 4 is 5.91 Å². The van der Waals surface area contributed by atoms with Crippen LogP contribution in [-0.4, -0.2) is 48.8 Å². The topological polar surface area (TPSA) is 50.8 Å². The fourth-order valence-corrected chi connectivity index (χ4v) is 6.42. The second-order valence-corrected chi connectivity index (χ2v) is 10.7. The van der Waals surface area contributed by atoms with E-state index in [-0.39, 0.29) is 18.1 Å². The molecule has 6 rings (SSSR count). The number of likely N-dealkylation sites (tertiary alicyclic amines) is 1. The molecule has 34 heavy (non-hydrogen) atoms. The number of rotatable bonds is 7. The minimum absolute atomic E-state index is 0.000155. The number of nitrogens with one attached hydrogen (secondary N) is 1. The normalized spacial score (nSPS) is 28.1. The summed E-state index contributed by atoms with van der Waals surface area (Å²) in [6.07, 6.45) is 9.56. The molecule has 2 aromatic carbocycles. The van der Waals surface area contributed by atoms with Crippen molar-refractivity contribution in [2.24, 2.45) is 5.92 Å². The van der Waals surface area contributed by atoms with Crippen LogP contribution in [0.2, 0.25) is 0 Å². The smallest absolute Gasteiger partial charge is 0.251 e. The van der Waals surface area contributed by atoms with Gasteiger partial charge >= 0.3 is 0 Å². The molecule has 1 N–H and O–H groups in total. The van der Waals surface area contributed by atoms with Gasteiger partial charge in [-0.05, 0) is 98.2 Å². The van der Waals surface area contributed by atoms with Crippen LogP contribution in [0.15, 0.2) is 42.5 Å². The van der Waals surface area contributed by atoms with E-state index in [4.69, 9.17) is 9.47 Å². The van der Waals surface area contributed by atoms with Crippen LogP contribution in [0.3, 0.4) is 0 Å². The van der Waals surface area contributed by atoms with Crippen LogP contribution in [0.1, 0.15) is 65.6 Å². The zero-order valence-corrected chi connectivity index (χ0v) is 20.0. The van der Waals surface area contributed by atoms with Gasteiger partial charge in [0.2, 0.25) is 0 Å². The Balaban J connectivity index is 1.01. The first-order chi connectivity index (χ1) is 16.7. The molecule has 1 saturated carbocycles. The standard InChI is InChI=1S/C29H36N2O3/c32-29(22-7-11-27(12-8-22)34-19-28-2-1-13-33-28)30-25-9-6-23-14-20(3-5-24(23)16-25)17-31-18-21-4-10-26(31)15-21/h3,5,7-8,11-12,14,21,25-26,28H,1-2,4,6,9-10,13,15-19H2,(H,30,32)/t21-,25+,26+,28+/m1/s1. The monoisotopic (exact) mass is 460 g/mol. The third-order valence-electron chi connectivity index (χ3n) is 8.32. The summed E-state index contributed by atoms with van der Waals surface area (Å²) in [6.45, 7) is 3.80. The Labute approximate surface area is 202 Å². The van der Waals surface area contributed by atoms with E-state index in [0.717, 1.165) is 63.0 Å². The molecule has 5 nitrogen and oxygen atoms in total. The summed E-state index contributed by atoms with van der Waals surface area (Å²) in [7, 11) is 0. The van der Waals surface area contributed by atoms with Crippen molar-refractivity contribution < 1.29 is 14.3 Å². The Morgan fingerprint density at radius 1 is 1.06 bits per heavy atom. The number of carbonyl (C=O) groups is 1. The Hall–Kier alpha value is -2.37. The summed E-state index contributed by atoms with van der Waals surface area (Å²) in [5.74, 6) is 1.73. The van der Waals surface area contributed by atoms with Crippen LogP contribution < -0.4 is 10.1 Å². The summed E-state index contributed by atoms with van der Waals surface area (Å²) >= 11 is 0. The van der Waals surface area contributed by atoms with Gasteiger partial charge in [0.05, 0.1) is 6.10 Å². The molecule has 1 amide bonds. The number of carbonyl (C=O) groups excluding carboxylic acids is 1. The highest BCUT2D eigenvalue weighted by Crippen LogP contribution is 2.38. The van der Waals surface area contributed by atoms with E-state index in [2.05, 4.69) is 28.4 Å². The molecule has 2 aliphatic heterocycles. The van der Waals surface area contributed by atoms with E-state index >= 15 is 0 Å². The van der Waals surface area contributed by atoms with Gasteiger partial charge in [-0.2, -0.15) is 0 Å². The number of hydrogen-bond acceptors (Lipinski definition) is 4. The van der Waals surface area contributed by atoms with Gasteiger partial charge in [0, 0.05) is 37.3 Å². The fourth-order valence-electron chi connectivity index (χ4n) is 6.42. The lowest BCUT2D eigenvalue weighted by molar-refractivity contribution is 0.0679. The van der Waals surface area contributed by atoms with Gasteiger partial charge in [0.25, 0.3) is 5.91 Å². The second-order valence-electron chi connectivity index (χ2n) is 10.7. The molecular weight excluding hydrogens is 424 g/mol. The average molecular weight is 461 g/mol. The summed E-state index contributed by atoms with van der Waals surface area (Å²) in [5, 5.41) is 3.26. The van der Waals surface area contributed by atoms with E-state index in [1.165, 1.54) is 42.5 Å². The Morgan fingerprint density at radius 2 is 1.97 bits per heavy atom. The predicted octanol–water partition coefficient (Wildman–Crippen LogP) is 4.52. The summed E-state index contributed by atoms with van der Waals surface area (Å²) in [4.78, 5) is 15.5. The number of aryl methyl sites for hydroxylation is 1. The maximum Gasteiger partial charge on any atom is 0.251 e. The van der Waals surface area contributed by atoms with Gasteiger partial charge in [-0.25, -0.2) is 0 Å². The van der Waals surface area contributed by atoms with Gasteiger partial charge < -0.3 is 14.8 Å². The molecule has 0 radical (unpaired) electrons. The maximum atomic E-state index is 12.8. The van der Waals surface area contributed by atoms with E-state index in [1.54, 1.807) is 0 Å². The average Bonchev–Trinajstić information content (AvgIpc) is 3.62. The number of amides is 1.